The summed E-state index contributed by atoms with van der Waals surface area (Å²) in [6, 6.07) is 7.19. The maximum absolute atomic E-state index is 13.1. The van der Waals surface area contributed by atoms with Gasteiger partial charge in [-0.25, -0.2) is 4.79 Å². The molecule has 0 saturated carbocycles. The molecule has 1 aromatic rings. The Morgan fingerprint density at radius 1 is 0.917 bits per heavy atom. The molecule has 1 aromatic carbocycles. The Balaban J connectivity index is 2.89. The third kappa shape index (κ3) is 12.9. The first-order valence-corrected chi connectivity index (χ1v) is 12.7. The highest BCUT2D eigenvalue weighted by Gasteiger charge is 2.29. The third-order valence-corrected chi connectivity index (χ3v) is 5.29. The fourth-order valence-electron chi connectivity index (χ4n) is 3.51. The number of hydrogen-bond acceptors (Lipinski definition) is 6. The molecule has 0 heterocycles. The Labute approximate surface area is 216 Å². The Morgan fingerprint density at radius 2 is 1.53 bits per heavy atom. The zero-order valence-electron chi connectivity index (χ0n) is 23.1. The summed E-state index contributed by atoms with van der Waals surface area (Å²) in [4.78, 5) is 38.4. The number of benzene rings is 1. The van der Waals surface area contributed by atoms with Crippen molar-refractivity contribution in [2.75, 3.05) is 6.54 Å². The Kier molecular flexibility index (Phi) is 12.9. The molecule has 0 saturated heterocycles. The van der Waals surface area contributed by atoms with Crippen LogP contribution < -0.4 is 21.3 Å². The molecular formula is C27H46N4O5. The van der Waals surface area contributed by atoms with Crippen LogP contribution in [0, 0.1) is 5.92 Å². The summed E-state index contributed by atoms with van der Waals surface area (Å²) in [6.07, 6.45) is -0.672. The highest BCUT2D eigenvalue weighted by molar-refractivity contribution is 5.91. The van der Waals surface area contributed by atoms with Gasteiger partial charge in [-0.15, -0.1) is 0 Å². The number of hydrogen-bond donors (Lipinski definition) is 5. The van der Waals surface area contributed by atoms with Crippen LogP contribution in [0.5, 0.6) is 0 Å². The number of carbonyl (C=O) groups is 3. The average molecular weight is 507 g/mol. The molecule has 0 bridgehead atoms. The molecule has 0 spiro atoms. The molecule has 204 valence electrons. The zero-order chi connectivity index (χ0) is 27.5. The van der Waals surface area contributed by atoms with Gasteiger partial charge in [-0.2, -0.15) is 0 Å². The van der Waals surface area contributed by atoms with Crippen molar-refractivity contribution in [3.8, 4) is 0 Å². The first kappa shape index (κ1) is 31.4. The number of carbonyl (C=O) groups excluding carboxylic acids is 3. The predicted octanol–water partition coefficient (Wildman–Crippen LogP) is 2.52. The van der Waals surface area contributed by atoms with Crippen LogP contribution in [0.25, 0.3) is 0 Å². The fraction of sp³-hybridized carbons (Fsp3) is 0.667. The van der Waals surface area contributed by atoms with Gasteiger partial charge in [0.2, 0.25) is 11.8 Å². The second kappa shape index (κ2) is 14.8. The fourth-order valence-corrected chi connectivity index (χ4v) is 3.51. The number of amides is 3. The lowest BCUT2D eigenvalue weighted by atomic mass is 9.98. The average Bonchev–Trinajstić information content (AvgIpc) is 2.75. The highest BCUT2D eigenvalue weighted by atomic mass is 16.6. The van der Waals surface area contributed by atoms with Crippen molar-refractivity contribution >= 4 is 17.9 Å². The second-order valence-electron chi connectivity index (χ2n) is 11.0. The summed E-state index contributed by atoms with van der Waals surface area (Å²) in [5.41, 5.74) is 0.130. The molecule has 0 aliphatic heterocycles. The number of aliphatic hydroxyl groups is 1. The minimum absolute atomic E-state index is 0.201. The van der Waals surface area contributed by atoms with Crippen molar-refractivity contribution in [3.05, 3.63) is 35.9 Å². The van der Waals surface area contributed by atoms with Crippen molar-refractivity contribution in [3.63, 3.8) is 0 Å². The summed E-state index contributed by atoms with van der Waals surface area (Å²) in [5.74, 6) is -0.662. The van der Waals surface area contributed by atoms with Gasteiger partial charge in [0.05, 0.1) is 12.1 Å². The summed E-state index contributed by atoms with van der Waals surface area (Å²) >= 11 is 0. The van der Waals surface area contributed by atoms with Gasteiger partial charge in [-0.05, 0) is 45.6 Å². The van der Waals surface area contributed by atoms with Crippen molar-refractivity contribution in [2.45, 2.75) is 104 Å². The summed E-state index contributed by atoms with van der Waals surface area (Å²) in [7, 11) is 0. The van der Waals surface area contributed by atoms with Crippen LogP contribution in [0.2, 0.25) is 0 Å². The van der Waals surface area contributed by atoms with E-state index in [0.29, 0.717) is 13.0 Å². The molecule has 0 aromatic heterocycles. The van der Waals surface area contributed by atoms with E-state index >= 15 is 0 Å². The summed E-state index contributed by atoms with van der Waals surface area (Å²) in [5, 5.41) is 22.0. The smallest absolute Gasteiger partial charge is 0.408 e. The molecule has 9 nitrogen and oxygen atoms in total. The Hall–Kier alpha value is -2.65. The lowest BCUT2D eigenvalue weighted by Gasteiger charge is -2.28. The number of ether oxygens (including phenoxy) is 1. The molecule has 0 aliphatic carbocycles. The molecule has 0 aliphatic rings. The number of rotatable bonds is 13. The molecule has 36 heavy (non-hydrogen) atoms. The minimum atomic E-state index is -0.940. The maximum atomic E-state index is 13.1. The van der Waals surface area contributed by atoms with Gasteiger partial charge in [0, 0.05) is 19.0 Å². The van der Waals surface area contributed by atoms with E-state index in [-0.39, 0.29) is 18.4 Å². The zero-order valence-corrected chi connectivity index (χ0v) is 23.1. The van der Waals surface area contributed by atoms with Crippen LogP contribution in [-0.4, -0.2) is 65.4 Å². The van der Waals surface area contributed by atoms with E-state index in [1.807, 2.05) is 58.0 Å². The first-order valence-electron chi connectivity index (χ1n) is 12.7. The van der Waals surface area contributed by atoms with Gasteiger partial charge >= 0.3 is 6.09 Å². The molecule has 1 rings (SSSR count). The minimum Gasteiger partial charge on any atom is -0.444 e. The molecular weight excluding hydrogens is 460 g/mol. The van der Waals surface area contributed by atoms with E-state index in [4.69, 9.17) is 4.74 Å². The van der Waals surface area contributed by atoms with Gasteiger partial charge in [0.15, 0.2) is 0 Å². The quantitative estimate of drug-likeness (QED) is 0.280. The van der Waals surface area contributed by atoms with E-state index in [1.165, 1.54) is 0 Å². The van der Waals surface area contributed by atoms with Crippen LogP contribution in [0.4, 0.5) is 4.79 Å². The number of alkyl carbamates (subject to hydrolysis) is 1. The number of aliphatic hydroxyl groups excluding tert-OH is 1. The van der Waals surface area contributed by atoms with E-state index in [1.54, 1.807) is 27.7 Å². The van der Waals surface area contributed by atoms with Crippen molar-refractivity contribution < 1.29 is 24.2 Å². The Bertz CT molecular complexity index is 823. The van der Waals surface area contributed by atoms with Crippen molar-refractivity contribution in [1.29, 1.82) is 0 Å². The van der Waals surface area contributed by atoms with E-state index in [0.717, 1.165) is 5.56 Å². The van der Waals surface area contributed by atoms with Gasteiger partial charge in [-0.1, -0.05) is 58.0 Å². The van der Waals surface area contributed by atoms with Crippen molar-refractivity contribution in [1.82, 2.24) is 21.3 Å². The molecule has 5 N–H and O–H groups in total. The monoisotopic (exact) mass is 506 g/mol. The molecule has 0 unspecified atom stereocenters. The van der Waals surface area contributed by atoms with Crippen LogP contribution >= 0.6 is 0 Å². The van der Waals surface area contributed by atoms with Crippen molar-refractivity contribution in [2.24, 2.45) is 5.92 Å². The molecule has 9 heteroatoms. The SMILES string of the molecule is CC(C)C[C@@H](NC(=O)[C@H](C)NC(=O)[C@H](Cc1ccccc1)NC(=O)OC(C)(C)C)[C@H](O)CNC(C)C. The molecule has 0 radical (unpaired) electrons. The van der Waals surface area contributed by atoms with E-state index in [2.05, 4.69) is 21.3 Å². The highest BCUT2D eigenvalue weighted by Crippen LogP contribution is 2.11. The first-order chi connectivity index (χ1) is 16.7. The van der Waals surface area contributed by atoms with Gasteiger partial charge in [0.1, 0.15) is 17.7 Å². The van der Waals surface area contributed by atoms with Gasteiger partial charge in [-0.3, -0.25) is 9.59 Å². The maximum Gasteiger partial charge on any atom is 0.408 e. The molecule has 0 fully saturated rings. The summed E-state index contributed by atoms with van der Waals surface area (Å²) in [6.45, 7) is 15.1. The van der Waals surface area contributed by atoms with Gasteiger partial charge < -0.3 is 31.1 Å². The second-order valence-corrected chi connectivity index (χ2v) is 11.0. The van der Waals surface area contributed by atoms with Crippen LogP contribution in [0.1, 0.15) is 67.4 Å². The lowest BCUT2D eigenvalue weighted by molar-refractivity contribution is -0.130. The molecule has 4 atom stereocenters. The topological polar surface area (TPSA) is 129 Å². The Morgan fingerprint density at radius 3 is 2.06 bits per heavy atom. The molecule has 3 amide bonds. The normalized spacial score (nSPS) is 15.1. The van der Waals surface area contributed by atoms with E-state index < -0.39 is 47.7 Å². The number of nitrogens with one attached hydrogen (secondary N) is 4. The van der Waals surface area contributed by atoms with Crippen LogP contribution in [-0.2, 0) is 20.7 Å². The summed E-state index contributed by atoms with van der Waals surface area (Å²) < 4.78 is 5.32. The standard InChI is InChI=1S/C27H46N4O5/c1-17(2)14-21(23(32)16-28-18(3)4)30-24(33)19(5)29-25(34)22(15-20-12-10-9-11-13-20)31-26(35)36-27(6,7)8/h9-13,17-19,21-23,28,32H,14-16H2,1-8H3,(H,29,34)(H,30,33)(H,31,35)/t19-,21+,22-,23+/m0/s1. The largest absolute Gasteiger partial charge is 0.444 e. The van der Waals surface area contributed by atoms with E-state index in [9.17, 15) is 19.5 Å². The third-order valence-electron chi connectivity index (χ3n) is 5.29. The predicted molar refractivity (Wildman–Crippen MR) is 141 cm³/mol. The van der Waals surface area contributed by atoms with Crippen LogP contribution in [0.3, 0.4) is 0 Å². The van der Waals surface area contributed by atoms with Crippen LogP contribution in [0.15, 0.2) is 30.3 Å². The van der Waals surface area contributed by atoms with Gasteiger partial charge in [0.25, 0.3) is 0 Å². The lowest BCUT2D eigenvalue weighted by Crippen LogP contribution is -2.57.